The molecule has 0 spiro atoms. The zero-order valence-corrected chi connectivity index (χ0v) is 17.4. The van der Waals surface area contributed by atoms with Gasteiger partial charge in [0.05, 0.1) is 18.0 Å². The fraction of sp³-hybridized carbons (Fsp3) is 0.591. The van der Waals surface area contributed by atoms with Crippen molar-refractivity contribution >= 4 is 17.7 Å². The molecule has 0 bridgehead atoms. The standard InChI is InChI=1S/C22H31N5O3/c1-14-7-5-6-12-27(14)22-25-19-18(21(30)26-22)16(13-17(28)24-19)20(29)23-11-10-15-8-3-2-4-9-15/h2-4,8-9,14,16,18-19,22,25H,5-7,10-13H2,1H3,(H,23,29)(H,24,28)(H,26,30). The number of fused-ring (bicyclic) bond motifs is 1. The minimum atomic E-state index is -0.674. The molecule has 3 aliphatic rings. The van der Waals surface area contributed by atoms with Crippen molar-refractivity contribution in [1.82, 2.24) is 26.2 Å². The predicted molar refractivity (Wildman–Crippen MR) is 112 cm³/mol. The van der Waals surface area contributed by atoms with Gasteiger partial charge in [-0.1, -0.05) is 36.8 Å². The van der Waals surface area contributed by atoms with Crippen molar-refractivity contribution in [3.63, 3.8) is 0 Å². The summed E-state index contributed by atoms with van der Waals surface area (Å²) in [6.07, 6.45) is 3.23. The Morgan fingerprint density at radius 3 is 2.73 bits per heavy atom. The Hall–Kier alpha value is -2.45. The molecule has 4 rings (SSSR count). The summed E-state index contributed by atoms with van der Waals surface area (Å²) in [5.41, 5.74) is 1.13. The van der Waals surface area contributed by atoms with Crippen LogP contribution in [0.5, 0.6) is 0 Å². The third-order valence-electron chi connectivity index (χ3n) is 6.51. The topological polar surface area (TPSA) is 103 Å². The van der Waals surface area contributed by atoms with Crippen molar-refractivity contribution in [2.24, 2.45) is 11.8 Å². The van der Waals surface area contributed by atoms with Crippen LogP contribution in [0.15, 0.2) is 30.3 Å². The van der Waals surface area contributed by atoms with Crippen molar-refractivity contribution in [3.8, 4) is 0 Å². The van der Waals surface area contributed by atoms with E-state index >= 15 is 0 Å². The number of amides is 3. The number of nitrogens with zero attached hydrogens (tertiary/aromatic N) is 1. The molecule has 0 saturated carbocycles. The van der Waals surface area contributed by atoms with Crippen molar-refractivity contribution in [2.45, 2.75) is 57.5 Å². The lowest BCUT2D eigenvalue weighted by Crippen LogP contribution is -2.75. The monoisotopic (exact) mass is 413 g/mol. The van der Waals surface area contributed by atoms with Gasteiger partial charge in [0.25, 0.3) is 0 Å². The Balaban J connectivity index is 1.39. The molecule has 1 aromatic rings. The molecule has 3 saturated heterocycles. The highest BCUT2D eigenvalue weighted by molar-refractivity contribution is 5.94. The molecule has 8 heteroatoms. The van der Waals surface area contributed by atoms with Gasteiger partial charge in [0.1, 0.15) is 6.29 Å². The van der Waals surface area contributed by atoms with Gasteiger partial charge in [-0.05, 0) is 31.7 Å². The van der Waals surface area contributed by atoms with E-state index in [9.17, 15) is 14.4 Å². The zero-order chi connectivity index (χ0) is 21.1. The lowest BCUT2D eigenvalue weighted by atomic mass is 9.81. The van der Waals surface area contributed by atoms with E-state index in [1.54, 1.807) is 0 Å². The van der Waals surface area contributed by atoms with Crippen LogP contribution in [0.2, 0.25) is 0 Å². The average molecular weight is 414 g/mol. The number of benzene rings is 1. The summed E-state index contributed by atoms with van der Waals surface area (Å²) in [7, 11) is 0. The first-order valence-corrected chi connectivity index (χ1v) is 11.0. The van der Waals surface area contributed by atoms with Gasteiger partial charge >= 0.3 is 0 Å². The Morgan fingerprint density at radius 2 is 1.97 bits per heavy atom. The molecule has 0 aromatic heterocycles. The van der Waals surface area contributed by atoms with E-state index in [0.29, 0.717) is 19.0 Å². The highest BCUT2D eigenvalue weighted by atomic mass is 16.2. The molecule has 3 amide bonds. The number of carbonyl (C=O) groups excluding carboxylic acids is 3. The molecular weight excluding hydrogens is 382 g/mol. The molecule has 0 radical (unpaired) electrons. The maximum absolute atomic E-state index is 13.0. The summed E-state index contributed by atoms with van der Waals surface area (Å²) in [6.45, 7) is 3.52. The molecule has 3 aliphatic heterocycles. The van der Waals surface area contributed by atoms with Gasteiger partial charge in [-0.3, -0.25) is 24.6 Å². The Labute approximate surface area is 177 Å². The smallest absolute Gasteiger partial charge is 0.229 e. The number of likely N-dealkylation sites (tertiary alicyclic amines) is 1. The second-order valence-corrected chi connectivity index (χ2v) is 8.57. The molecule has 5 unspecified atom stereocenters. The van der Waals surface area contributed by atoms with Gasteiger partial charge in [0.2, 0.25) is 17.7 Å². The van der Waals surface area contributed by atoms with E-state index in [-0.39, 0.29) is 30.4 Å². The first kappa shape index (κ1) is 20.8. The molecule has 4 N–H and O–H groups in total. The van der Waals surface area contributed by atoms with Crippen LogP contribution >= 0.6 is 0 Å². The van der Waals surface area contributed by atoms with Crippen molar-refractivity contribution in [1.29, 1.82) is 0 Å². The quantitative estimate of drug-likeness (QED) is 0.556. The Kier molecular flexibility index (Phi) is 6.34. The minimum absolute atomic E-state index is 0.0260. The molecule has 5 atom stereocenters. The highest BCUT2D eigenvalue weighted by Gasteiger charge is 2.49. The third kappa shape index (κ3) is 4.49. The van der Waals surface area contributed by atoms with Crippen molar-refractivity contribution in [2.75, 3.05) is 13.1 Å². The minimum Gasteiger partial charge on any atom is -0.355 e. The van der Waals surface area contributed by atoms with Gasteiger partial charge < -0.3 is 16.0 Å². The summed E-state index contributed by atoms with van der Waals surface area (Å²) in [4.78, 5) is 40.4. The van der Waals surface area contributed by atoms with Crippen LogP contribution in [0.3, 0.4) is 0 Å². The second-order valence-electron chi connectivity index (χ2n) is 8.57. The van der Waals surface area contributed by atoms with Crippen LogP contribution in [0.25, 0.3) is 0 Å². The van der Waals surface area contributed by atoms with Crippen LogP contribution in [0, 0.1) is 11.8 Å². The van der Waals surface area contributed by atoms with Gasteiger partial charge in [0.15, 0.2) is 0 Å². The predicted octanol–water partition coefficient (Wildman–Crippen LogP) is 0.301. The largest absolute Gasteiger partial charge is 0.355 e. The molecule has 30 heavy (non-hydrogen) atoms. The SMILES string of the molecule is CC1CCCCN1C1NC(=O)C2C(NC(=O)CC2C(=O)NCCc2ccccc2)N1. The van der Waals surface area contributed by atoms with Crippen molar-refractivity contribution in [3.05, 3.63) is 35.9 Å². The molecule has 8 nitrogen and oxygen atoms in total. The fourth-order valence-electron chi connectivity index (χ4n) is 4.85. The molecule has 1 aromatic carbocycles. The van der Waals surface area contributed by atoms with Crippen LogP contribution in [0.1, 0.15) is 38.2 Å². The van der Waals surface area contributed by atoms with E-state index in [1.165, 1.54) is 6.42 Å². The summed E-state index contributed by atoms with van der Waals surface area (Å²) >= 11 is 0. The highest BCUT2D eigenvalue weighted by Crippen LogP contribution is 2.28. The number of hydrogen-bond acceptors (Lipinski definition) is 5. The van der Waals surface area contributed by atoms with E-state index < -0.39 is 18.0 Å². The van der Waals surface area contributed by atoms with Crippen molar-refractivity contribution < 1.29 is 14.4 Å². The molecule has 162 valence electrons. The van der Waals surface area contributed by atoms with Gasteiger partial charge in [-0.2, -0.15) is 0 Å². The van der Waals surface area contributed by atoms with E-state index in [0.717, 1.165) is 24.9 Å². The van der Waals surface area contributed by atoms with Gasteiger partial charge in [0, 0.05) is 25.6 Å². The maximum atomic E-state index is 13.0. The zero-order valence-electron chi connectivity index (χ0n) is 17.4. The summed E-state index contributed by atoms with van der Waals surface area (Å²) < 4.78 is 0. The molecule has 0 aliphatic carbocycles. The number of nitrogens with one attached hydrogen (secondary N) is 4. The lowest BCUT2D eigenvalue weighted by molar-refractivity contribution is -0.150. The van der Waals surface area contributed by atoms with E-state index in [1.807, 2.05) is 30.3 Å². The third-order valence-corrected chi connectivity index (χ3v) is 6.51. The number of rotatable bonds is 5. The van der Waals surface area contributed by atoms with Gasteiger partial charge in [-0.25, -0.2) is 0 Å². The Bertz CT molecular complexity index is 786. The average Bonchev–Trinajstić information content (AvgIpc) is 2.73. The number of hydrogen-bond donors (Lipinski definition) is 4. The Morgan fingerprint density at radius 1 is 1.17 bits per heavy atom. The van der Waals surface area contributed by atoms with Gasteiger partial charge in [-0.15, -0.1) is 0 Å². The maximum Gasteiger partial charge on any atom is 0.229 e. The van der Waals surface area contributed by atoms with Crippen LogP contribution in [0.4, 0.5) is 0 Å². The van der Waals surface area contributed by atoms with E-state index in [2.05, 4.69) is 33.1 Å². The van der Waals surface area contributed by atoms with E-state index in [4.69, 9.17) is 0 Å². The second kappa shape index (κ2) is 9.14. The first-order valence-electron chi connectivity index (χ1n) is 11.0. The number of carbonyl (C=O) groups is 3. The normalized spacial score (nSPS) is 32.0. The summed E-state index contributed by atoms with van der Waals surface area (Å²) in [6, 6.07) is 10.3. The summed E-state index contributed by atoms with van der Waals surface area (Å²) in [5, 5.41) is 12.2. The molecule has 3 fully saturated rings. The molecule has 3 heterocycles. The first-order chi connectivity index (χ1) is 14.5. The van der Waals surface area contributed by atoms with Crippen LogP contribution in [-0.2, 0) is 20.8 Å². The van der Waals surface area contributed by atoms with Crippen LogP contribution < -0.4 is 21.3 Å². The number of piperidine rings is 2. The summed E-state index contributed by atoms with van der Waals surface area (Å²) in [5.74, 6) is -1.91. The lowest BCUT2D eigenvalue weighted by Gasteiger charge is -2.48. The fourth-order valence-corrected chi connectivity index (χ4v) is 4.85. The van der Waals surface area contributed by atoms with Crippen LogP contribution in [-0.4, -0.2) is 54.2 Å². The molecular formula is C22H31N5O3.